The molecule has 0 radical (unpaired) electrons. The molecule has 30 heavy (non-hydrogen) atoms. The van der Waals surface area contributed by atoms with Crippen LogP contribution in [0.2, 0.25) is 0 Å². The smallest absolute Gasteiger partial charge is 0.270 e. The molecule has 1 atom stereocenters. The van der Waals surface area contributed by atoms with Crippen LogP contribution in [-0.4, -0.2) is 26.4 Å². The Balaban J connectivity index is 1.53. The van der Waals surface area contributed by atoms with Gasteiger partial charge >= 0.3 is 0 Å². The first-order chi connectivity index (χ1) is 14.6. The number of hydrogen-bond donors (Lipinski definition) is 0. The summed E-state index contributed by atoms with van der Waals surface area (Å²) in [5.41, 5.74) is 2.54. The minimum atomic E-state index is -0.399. The Morgan fingerprint density at radius 2 is 1.97 bits per heavy atom. The van der Waals surface area contributed by atoms with Crippen molar-refractivity contribution in [1.29, 1.82) is 0 Å². The van der Waals surface area contributed by atoms with E-state index in [1.165, 1.54) is 16.8 Å². The van der Waals surface area contributed by atoms with E-state index in [4.69, 9.17) is 9.97 Å². The van der Waals surface area contributed by atoms with Gasteiger partial charge in [0.1, 0.15) is 10.8 Å². The molecule has 7 nitrogen and oxygen atoms in total. The number of non-ortho nitro benzene ring substituents is 1. The van der Waals surface area contributed by atoms with Crippen LogP contribution < -0.4 is 4.90 Å². The van der Waals surface area contributed by atoms with Gasteiger partial charge in [0.2, 0.25) is 0 Å². The molecule has 3 heterocycles. The third-order valence-corrected chi connectivity index (χ3v) is 6.44. The molecule has 2 aromatic heterocycles. The summed E-state index contributed by atoms with van der Waals surface area (Å²) in [6.45, 7) is 2.82. The maximum absolute atomic E-state index is 11.2. The van der Waals surface area contributed by atoms with E-state index in [-0.39, 0.29) is 11.7 Å². The van der Waals surface area contributed by atoms with Gasteiger partial charge in [-0.3, -0.25) is 10.1 Å². The predicted molar refractivity (Wildman–Crippen MR) is 118 cm³/mol. The molecule has 0 spiro atoms. The summed E-state index contributed by atoms with van der Waals surface area (Å²) in [7, 11) is 0. The normalized spacial score (nSPS) is 16.3. The molecule has 8 heteroatoms. The van der Waals surface area contributed by atoms with Gasteiger partial charge < -0.3 is 4.90 Å². The number of aromatic nitrogens is 3. The van der Waals surface area contributed by atoms with E-state index in [1.54, 1.807) is 23.5 Å². The molecule has 5 rings (SSSR count). The van der Waals surface area contributed by atoms with Crippen LogP contribution in [0.1, 0.15) is 29.6 Å². The fourth-order valence-corrected chi connectivity index (χ4v) is 5.03. The number of para-hydroxylation sites is 1. The standard InChI is InChI=1S/C22H19N5O2S/c1-14-12-20(25-21(23-14)15-6-4-7-16(13-15)27(28)29)26-11-5-9-18(26)22-24-17-8-2-3-10-19(17)30-22/h2-4,6-8,10,12-13,18H,5,9,11H2,1H3. The van der Waals surface area contributed by atoms with Crippen molar-refractivity contribution in [1.82, 2.24) is 15.0 Å². The van der Waals surface area contributed by atoms with E-state index in [0.717, 1.165) is 41.4 Å². The summed E-state index contributed by atoms with van der Waals surface area (Å²) >= 11 is 1.73. The zero-order chi connectivity index (χ0) is 20.7. The number of fused-ring (bicyclic) bond motifs is 1. The Labute approximate surface area is 177 Å². The Morgan fingerprint density at radius 3 is 2.80 bits per heavy atom. The maximum Gasteiger partial charge on any atom is 0.270 e. The highest BCUT2D eigenvalue weighted by atomic mass is 32.1. The van der Waals surface area contributed by atoms with Gasteiger partial charge in [-0.15, -0.1) is 11.3 Å². The van der Waals surface area contributed by atoms with E-state index in [0.29, 0.717) is 11.4 Å². The van der Waals surface area contributed by atoms with Gasteiger partial charge in [-0.25, -0.2) is 15.0 Å². The molecule has 4 aromatic rings. The van der Waals surface area contributed by atoms with Gasteiger partial charge in [-0.1, -0.05) is 24.3 Å². The third kappa shape index (κ3) is 3.39. The summed E-state index contributed by atoms with van der Waals surface area (Å²) in [6.07, 6.45) is 2.09. The summed E-state index contributed by atoms with van der Waals surface area (Å²) < 4.78 is 1.19. The van der Waals surface area contributed by atoms with Gasteiger partial charge in [0, 0.05) is 36.0 Å². The van der Waals surface area contributed by atoms with Crippen LogP contribution in [0.25, 0.3) is 21.6 Å². The SMILES string of the molecule is Cc1cc(N2CCCC2c2nc3ccccc3s2)nc(-c2cccc([N+](=O)[O-])c2)n1. The van der Waals surface area contributed by atoms with Crippen molar-refractivity contribution in [3.8, 4) is 11.4 Å². The van der Waals surface area contributed by atoms with Crippen LogP contribution >= 0.6 is 11.3 Å². The zero-order valence-corrected chi connectivity index (χ0v) is 17.2. The van der Waals surface area contributed by atoms with Crippen LogP contribution in [0.4, 0.5) is 11.5 Å². The highest BCUT2D eigenvalue weighted by Crippen LogP contribution is 2.39. The summed E-state index contributed by atoms with van der Waals surface area (Å²) in [4.78, 5) is 27.2. The number of anilines is 1. The van der Waals surface area contributed by atoms with Gasteiger partial charge in [-0.05, 0) is 31.9 Å². The molecule has 0 aliphatic carbocycles. The monoisotopic (exact) mass is 417 g/mol. The molecule has 150 valence electrons. The van der Waals surface area contributed by atoms with Gasteiger partial charge in [0.15, 0.2) is 5.82 Å². The average molecular weight is 417 g/mol. The van der Waals surface area contributed by atoms with Crippen molar-refractivity contribution < 1.29 is 4.92 Å². The average Bonchev–Trinajstić information content (AvgIpc) is 3.40. The Hall–Kier alpha value is -3.39. The van der Waals surface area contributed by atoms with E-state index in [2.05, 4.69) is 16.0 Å². The number of hydrogen-bond acceptors (Lipinski definition) is 7. The molecule has 1 aliphatic rings. The molecular formula is C22H19N5O2S. The van der Waals surface area contributed by atoms with E-state index in [9.17, 15) is 10.1 Å². The molecule has 0 amide bonds. The first kappa shape index (κ1) is 18.6. The first-order valence-corrected chi connectivity index (χ1v) is 10.6. The largest absolute Gasteiger partial charge is 0.347 e. The Kier molecular flexibility index (Phi) is 4.63. The highest BCUT2D eigenvalue weighted by molar-refractivity contribution is 7.18. The fraction of sp³-hybridized carbons (Fsp3) is 0.227. The molecule has 0 N–H and O–H groups in total. The molecule has 0 saturated carbocycles. The summed E-state index contributed by atoms with van der Waals surface area (Å²) in [6, 6.07) is 16.8. The van der Waals surface area contributed by atoms with Crippen LogP contribution in [0.15, 0.2) is 54.6 Å². The second-order valence-electron chi connectivity index (χ2n) is 7.37. The lowest BCUT2D eigenvalue weighted by molar-refractivity contribution is -0.384. The van der Waals surface area contributed by atoms with Crippen molar-refractivity contribution in [3.63, 3.8) is 0 Å². The zero-order valence-electron chi connectivity index (χ0n) is 16.4. The van der Waals surface area contributed by atoms with Crippen molar-refractivity contribution in [2.24, 2.45) is 0 Å². The highest BCUT2D eigenvalue weighted by Gasteiger charge is 2.30. The van der Waals surface area contributed by atoms with E-state index in [1.807, 2.05) is 31.2 Å². The summed E-state index contributed by atoms with van der Waals surface area (Å²) in [5.74, 6) is 1.34. The minimum absolute atomic E-state index is 0.0349. The lowest BCUT2D eigenvalue weighted by Gasteiger charge is -2.24. The van der Waals surface area contributed by atoms with Gasteiger partial charge in [0.05, 0.1) is 21.2 Å². The number of nitrogens with zero attached hydrogens (tertiary/aromatic N) is 5. The quantitative estimate of drug-likeness (QED) is 0.330. The molecule has 1 unspecified atom stereocenters. The third-order valence-electron chi connectivity index (χ3n) is 5.30. The number of nitro groups is 1. The second kappa shape index (κ2) is 7.46. The van der Waals surface area contributed by atoms with Gasteiger partial charge in [0.25, 0.3) is 5.69 Å². The predicted octanol–water partition coefficient (Wildman–Crippen LogP) is 5.31. The number of aryl methyl sites for hydroxylation is 1. The van der Waals surface area contributed by atoms with E-state index >= 15 is 0 Å². The van der Waals surface area contributed by atoms with Crippen molar-refractivity contribution in [2.45, 2.75) is 25.8 Å². The van der Waals surface area contributed by atoms with Crippen molar-refractivity contribution in [2.75, 3.05) is 11.4 Å². The van der Waals surface area contributed by atoms with Gasteiger partial charge in [-0.2, -0.15) is 0 Å². The first-order valence-electron chi connectivity index (χ1n) is 9.81. The molecule has 2 aromatic carbocycles. The van der Waals surface area contributed by atoms with Crippen LogP contribution in [0.3, 0.4) is 0 Å². The Bertz CT molecular complexity index is 1220. The molecule has 0 bridgehead atoms. The van der Waals surface area contributed by atoms with Crippen LogP contribution in [0, 0.1) is 17.0 Å². The number of rotatable bonds is 4. The number of thiazole rings is 1. The molecule has 1 saturated heterocycles. The van der Waals surface area contributed by atoms with Crippen LogP contribution in [-0.2, 0) is 0 Å². The topological polar surface area (TPSA) is 85.0 Å². The Morgan fingerprint density at radius 1 is 1.10 bits per heavy atom. The lowest BCUT2D eigenvalue weighted by Crippen LogP contribution is -2.24. The van der Waals surface area contributed by atoms with E-state index < -0.39 is 4.92 Å². The summed E-state index contributed by atoms with van der Waals surface area (Å²) in [5, 5.41) is 12.3. The molecule has 1 aliphatic heterocycles. The lowest BCUT2D eigenvalue weighted by atomic mass is 10.2. The maximum atomic E-state index is 11.2. The number of nitro benzene ring substituents is 1. The minimum Gasteiger partial charge on any atom is -0.347 e. The number of benzene rings is 2. The van der Waals surface area contributed by atoms with Crippen molar-refractivity contribution >= 4 is 33.1 Å². The second-order valence-corrected chi connectivity index (χ2v) is 8.43. The van der Waals surface area contributed by atoms with Crippen LogP contribution in [0.5, 0.6) is 0 Å². The molecular weight excluding hydrogens is 398 g/mol. The fourth-order valence-electron chi connectivity index (χ4n) is 3.92. The van der Waals surface area contributed by atoms with Crippen molar-refractivity contribution in [3.05, 3.63) is 75.4 Å². The molecule has 1 fully saturated rings.